The molecule has 1 aromatic rings. The summed E-state index contributed by atoms with van der Waals surface area (Å²) >= 11 is 1.35. The predicted molar refractivity (Wildman–Crippen MR) is 78.6 cm³/mol. The zero-order valence-electron chi connectivity index (χ0n) is 12.4. The van der Waals surface area contributed by atoms with Gasteiger partial charge in [0.1, 0.15) is 4.88 Å². The van der Waals surface area contributed by atoms with Crippen molar-refractivity contribution in [3.63, 3.8) is 0 Å². The Morgan fingerprint density at radius 3 is 2.68 bits per heavy atom. The fourth-order valence-electron chi connectivity index (χ4n) is 1.69. The Morgan fingerprint density at radius 1 is 1.53 bits per heavy atom. The lowest BCUT2D eigenvalue weighted by Crippen LogP contribution is -2.35. The monoisotopic (exact) mass is 284 g/mol. The number of thiazole rings is 1. The highest BCUT2D eigenvalue weighted by Crippen LogP contribution is 2.26. The third kappa shape index (κ3) is 4.28. The molecule has 1 heterocycles. The summed E-state index contributed by atoms with van der Waals surface area (Å²) < 4.78 is 0. The summed E-state index contributed by atoms with van der Waals surface area (Å²) in [4.78, 5) is 17.1. The molecule has 0 saturated heterocycles. The highest BCUT2D eigenvalue weighted by Gasteiger charge is 2.25. The minimum atomic E-state index is -0.500. The van der Waals surface area contributed by atoms with Crippen molar-refractivity contribution in [3.8, 4) is 0 Å². The van der Waals surface area contributed by atoms with E-state index < -0.39 is 6.10 Å². The predicted octanol–water partition coefficient (Wildman–Crippen LogP) is 2.58. The standard InChI is InChI=1S/C14H24N2O2S/c1-6-9(2)10(17)7-15-13(18)11-12(14(3,4)5)16-8-19-11/h8-10,17H,6-7H2,1-5H3,(H,15,18). The van der Waals surface area contributed by atoms with E-state index in [2.05, 4.69) is 10.3 Å². The smallest absolute Gasteiger partial charge is 0.263 e. The van der Waals surface area contributed by atoms with Crippen LogP contribution in [0.4, 0.5) is 0 Å². The van der Waals surface area contributed by atoms with Crippen molar-refractivity contribution >= 4 is 17.2 Å². The van der Waals surface area contributed by atoms with Gasteiger partial charge in [0.05, 0.1) is 17.3 Å². The molecule has 0 radical (unpaired) electrons. The SMILES string of the molecule is CCC(C)C(O)CNC(=O)c1scnc1C(C)(C)C. The molecule has 1 rings (SSSR count). The second-order valence-electron chi connectivity index (χ2n) is 5.94. The molecule has 4 nitrogen and oxygen atoms in total. The van der Waals surface area contributed by atoms with E-state index in [0.717, 1.165) is 12.1 Å². The number of carbonyl (C=O) groups excluding carboxylic acids is 1. The van der Waals surface area contributed by atoms with Crippen LogP contribution in [0.3, 0.4) is 0 Å². The van der Waals surface area contributed by atoms with Crippen LogP contribution in [-0.4, -0.2) is 28.6 Å². The molecule has 0 aliphatic carbocycles. The van der Waals surface area contributed by atoms with Crippen LogP contribution >= 0.6 is 11.3 Å². The Bertz CT molecular complexity index is 423. The largest absolute Gasteiger partial charge is 0.391 e. The molecule has 2 atom stereocenters. The number of rotatable bonds is 5. The maximum Gasteiger partial charge on any atom is 0.263 e. The van der Waals surface area contributed by atoms with Gasteiger partial charge in [-0.2, -0.15) is 0 Å². The molecule has 108 valence electrons. The number of amides is 1. The number of hydrogen-bond donors (Lipinski definition) is 2. The van der Waals surface area contributed by atoms with Gasteiger partial charge in [0.25, 0.3) is 5.91 Å². The number of hydrogen-bond acceptors (Lipinski definition) is 4. The summed E-state index contributed by atoms with van der Waals surface area (Å²) in [5, 5.41) is 12.7. The number of aliphatic hydroxyl groups is 1. The van der Waals surface area contributed by atoms with Crippen LogP contribution in [0.25, 0.3) is 0 Å². The third-order valence-corrected chi connectivity index (χ3v) is 4.08. The number of aromatic nitrogens is 1. The highest BCUT2D eigenvalue weighted by atomic mass is 32.1. The van der Waals surface area contributed by atoms with Crippen molar-refractivity contribution in [1.29, 1.82) is 0 Å². The Balaban J connectivity index is 2.67. The summed E-state index contributed by atoms with van der Waals surface area (Å²) in [5.41, 5.74) is 2.36. The first-order valence-electron chi connectivity index (χ1n) is 6.67. The summed E-state index contributed by atoms with van der Waals surface area (Å²) in [6.45, 7) is 10.4. The van der Waals surface area contributed by atoms with Gasteiger partial charge in [-0.3, -0.25) is 4.79 Å². The van der Waals surface area contributed by atoms with E-state index in [1.54, 1.807) is 5.51 Å². The van der Waals surface area contributed by atoms with Crippen molar-refractivity contribution < 1.29 is 9.90 Å². The molecule has 0 fully saturated rings. The molecule has 1 aromatic heterocycles. The van der Waals surface area contributed by atoms with Crippen LogP contribution < -0.4 is 5.32 Å². The minimum absolute atomic E-state index is 0.144. The lowest BCUT2D eigenvalue weighted by atomic mass is 9.91. The van der Waals surface area contributed by atoms with Gasteiger partial charge in [-0.1, -0.05) is 41.0 Å². The lowest BCUT2D eigenvalue weighted by Gasteiger charge is -2.19. The van der Waals surface area contributed by atoms with Gasteiger partial charge in [0.2, 0.25) is 0 Å². The van der Waals surface area contributed by atoms with Gasteiger partial charge in [-0.15, -0.1) is 11.3 Å². The highest BCUT2D eigenvalue weighted by molar-refractivity contribution is 7.11. The summed E-state index contributed by atoms with van der Waals surface area (Å²) in [6, 6.07) is 0. The van der Waals surface area contributed by atoms with E-state index in [4.69, 9.17) is 0 Å². The van der Waals surface area contributed by atoms with E-state index in [9.17, 15) is 9.90 Å². The van der Waals surface area contributed by atoms with Crippen molar-refractivity contribution in [2.45, 2.75) is 52.6 Å². The molecule has 2 N–H and O–H groups in total. The third-order valence-electron chi connectivity index (χ3n) is 3.26. The maximum absolute atomic E-state index is 12.1. The van der Waals surface area contributed by atoms with Crippen molar-refractivity contribution in [3.05, 3.63) is 16.1 Å². The Kier molecular flexibility index (Phi) is 5.50. The van der Waals surface area contributed by atoms with E-state index in [0.29, 0.717) is 4.88 Å². The quantitative estimate of drug-likeness (QED) is 0.873. The molecule has 0 aliphatic rings. The van der Waals surface area contributed by atoms with Gasteiger partial charge in [0, 0.05) is 12.0 Å². The van der Waals surface area contributed by atoms with Gasteiger partial charge < -0.3 is 10.4 Å². The first-order chi connectivity index (χ1) is 8.77. The van der Waals surface area contributed by atoms with E-state index in [1.807, 2.05) is 34.6 Å². The molecule has 1 amide bonds. The van der Waals surface area contributed by atoms with Crippen molar-refractivity contribution in [2.75, 3.05) is 6.54 Å². The summed E-state index contributed by atoms with van der Waals surface area (Å²) in [6.07, 6.45) is 0.394. The van der Waals surface area contributed by atoms with Crippen LogP contribution in [0.2, 0.25) is 0 Å². The van der Waals surface area contributed by atoms with Gasteiger partial charge >= 0.3 is 0 Å². The molecule has 19 heavy (non-hydrogen) atoms. The molecule has 5 heteroatoms. The number of aliphatic hydroxyl groups excluding tert-OH is 1. The van der Waals surface area contributed by atoms with E-state index in [1.165, 1.54) is 11.3 Å². The van der Waals surface area contributed by atoms with Crippen LogP contribution in [0, 0.1) is 5.92 Å². The number of nitrogens with zero attached hydrogens (tertiary/aromatic N) is 1. The van der Waals surface area contributed by atoms with Crippen LogP contribution in [0.15, 0.2) is 5.51 Å². The average Bonchev–Trinajstić information content (AvgIpc) is 2.83. The zero-order chi connectivity index (χ0) is 14.6. The van der Waals surface area contributed by atoms with E-state index in [-0.39, 0.29) is 23.8 Å². The number of nitrogens with one attached hydrogen (secondary N) is 1. The maximum atomic E-state index is 12.1. The first-order valence-corrected chi connectivity index (χ1v) is 7.55. The van der Waals surface area contributed by atoms with Crippen LogP contribution in [0.5, 0.6) is 0 Å². The van der Waals surface area contributed by atoms with Crippen LogP contribution in [-0.2, 0) is 5.41 Å². The molecule has 0 aromatic carbocycles. The zero-order valence-corrected chi connectivity index (χ0v) is 13.2. The Hall–Kier alpha value is -0.940. The first kappa shape index (κ1) is 16.1. The Labute approximate surface area is 119 Å². The molecule has 0 saturated carbocycles. The fraction of sp³-hybridized carbons (Fsp3) is 0.714. The van der Waals surface area contributed by atoms with Gasteiger partial charge in [-0.25, -0.2) is 4.98 Å². The topological polar surface area (TPSA) is 62.2 Å². The summed E-state index contributed by atoms with van der Waals surface area (Å²) in [5.74, 6) is 0.0404. The number of carbonyl (C=O) groups is 1. The molecule has 0 spiro atoms. The molecular weight excluding hydrogens is 260 g/mol. The second kappa shape index (κ2) is 6.48. The van der Waals surface area contributed by atoms with Crippen molar-refractivity contribution in [2.24, 2.45) is 5.92 Å². The van der Waals surface area contributed by atoms with Gasteiger partial charge in [-0.05, 0) is 5.92 Å². The normalized spacial score (nSPS) is 15.1. The van der Waals surface area contributed by atoms with Crippen LogP contribution in [0.1, 0.15) is 56.4 Å². The average molecular weight is 284 g/mol. The molecular formula is C14H24N2O2S. The molecule has 0 aliphatic heterocycles. The molecule has 0 bridgehead atoms. The molecule has 2 unspecified atom stereocenters. The Morgan fingerprint density at radius 2 is 2.16 bits per heavy atom. The second-order valence-corrected chi connectivity index (χ2v) is 6.80. The van der Waals surface area contributed by atoms with Crippen molar-refractivity contribution in [1.82, 2.24) is 10.3 Å². The lowest BCUT2D eigenvalue weighted by molar-refractivity contribution is 0.0851. The van der Waals surface area contributed by atoms with Gasteiger partial charge in [0.15, 0.2) is 0 Å². The summed E-state index contributed by atoms with van der Waals surface area (Å²) in [7, 11) is 0. The fourth-order valence-corrected chi connectivity index (χ4v) is 2.61. The minimum Gasteiger partial charge on any atom is -0.391 e. The van der Waals surface area contributed by atoms with E-state index >= 15 is 0 Å².